The fourth-order valence-corrected chi connectivity index (χ4v) is 5.30. The maximum Gasteiger partial charge on any atom is 0.410 e. The molecule has 1 N–H and O–H groups in total. The minimum absolute atomic E-state index is 0.297. The lowest BCUT2D eigenvalue weighted by Crippen LogP contribution is -2.36. The summed E-state index contributed by atoms with van der Waals surface area (Å²) in [5, 5.41) is 12.9. The Bertz CT molecular complexity index is 1150. The van der Waals surface area contributed by atoms with E-state index in [2.05, 4.69) is 21.4 Å². The Kier molecular flexibility index (Phi) is 6.25. The van der Waals surface area contributed by atoms with Crippen LogP contribution in [0.4, 0.5) is 9.80 Å². The van der Waals surface area contributed by atoms with E-state index in [1.165, 1.54) is 17.5 Å². The first kappa shape index (κ1) is 21.0. The van der Waals surface area contributed by atoms with Gasteiger partial charge in [-0.05, 0) is 31.0 Å². The van der Waals surface area contributed by atoms with Gasteiger partial charge in [0.05, 0.1) is 35.5 Å². The van der Waals surface area contributed by atoms with Crippen LogP contribution >= 0.6 is 22.7 Å². The summed E-state index contributed by atoms with van der Waals surface area (Å²) >= 11 is 2.88. The van der Waals surface area contributed by atoms with Crippen molar-refractivity contribution in [3.8, 4) is 6.07 Å². The summed E-state index contributed by atoms with van der Waals surface area (Å²) in [4.78, 5) is 36.7. The van der Waals surface area contributed by atoms with Gasteiger partial charge in [0.1, 0.15) is 11.1 Å². The lowest BCUT2D eigenvalue weighted by molar-refractivity contribution is 0.0992. The molecule has 0 radical (unpaired) electrons. The van der Waals surface area contributed by atoms with E-state index in [0.717, 1.165) is 21.0 Å². The zero-order valence-corrected chi connectivity index (χ0v) is 18.4. The first-order valence-electron chi connectivity index (χ1n) is 9.63. The number of hydrogen-bond acceptors (Lipinski definition) is 8. The van der Waals surface area contributed by atoms with Gasteiger partial charge in [0.15, 0.2) is 0 Å². The molecule has 8 nitrogen and oxygen atoms in total. The molecule has 0 unspecified atom stereocenters. The molecule has 1 aliphatic heterocycles. The average Bonchev–Trinajstić information content (AvgIpc) is 3.35. The molecule has 4 rings (SSSR count). The van der Waals surface area contributed by atoms with Gasteiger partial charge in [0, 0.05) is 35.1 Å². The second-order valence-electron chi connectivity index (χ2n) is 6.91. The third kappa shape index (κ3) is 4.57. The highest BCUT2D eigenvalue weighted by Gasteiger charge is 2.28. The van der Waals surface area contributed by atoms with E-state index in [-0.39, 0.29) is 12.0 Å². The first-order valence-corrected chi connectivity index (χ1v) is 11.3. The zero-order valence-electron chi connectivity index (χ0n) is 16.8. The van der Waals surface area contributed by atoms with Crippen molar-refractivity contribution in [3.63, 3.8) is 0 Å². The molecule has 4 heterocycles. The zero-order chi connectivity index (χ0) is 21.8. The largest absolute Gasteiger partial charge is 0.449 e. The number of carbonyl (C=O) groups is 2. The summed E-state index contributed by atoms with van der Waals surface area (Å²) in [6.07, 6.45) is 3.87. The van der Waals surface area contributed by atoms with E-state index in [4.69, 9.17) is 4.74 Å². The number of pyridine rings is 1. The van der Waals surface area contributed by atoms with Crippen molar-refractivity contribution in [2.75, 3.05) is 18.5 Å². The number of carbonyl (C=O) groups excluding carboxylic acids is 2. The molecule has 0 atom stereocenters. The van der Waals surface area contributed by atoms with Crippen molar-refractivity contribution >= 4 is 39.7 Å². The van der Waals surface area contributed by atoms with Crippen LogP contribution in [0.3, 0.4) is 0 Å². The van der Waals surface area contributed by atoms with Gasteiger partial charge >= 0.3 is 6.09 Å². The normalized spacial score (nSPS) is 12.7. The number of thiophene rings is 1. The summed E-state index contributed by atoms with van der Waals surface area (Å²) in [5.74, 6) is -0.321. The Morgan fingerprint density at radius 2 is 2.29 bits per heavy atom. The third-order valence-corrected chi connectivity index (χ3v) is 7.10. The molecule has 3 aromatic heterocycles. The molecule has 3 aromatic rings. The van der Waals surface area contributed by atoms with Crippen LogP contribution in [-0.2, 0) is 24.1 Å². The second kappa shape index (κ2) is 9.24. The minimum Gasteiger partial charge on any atom is -0.449 e. The van der Waals surface area contributed by atoms with Crippen LogP contribution in [0.15, 0.2) is 30.0 Å². The standard InChI is InChI=1S/C21H19N5O3S2/c1-13-17(30-12-24-13)5-8-29-21(28)26-7-4-15-16(9-22)20(31-18(15)11-26)25-19(27)14-3-2-6-23-10-14/h2-3,6,10,12H,4-5,7-8,11H2,1H3,(H,25,27). The Morgan fingerprint density at radius 1 is 1.42 bits per heavy atom. The van der Waals surface area contributed by atoms with Crippen LogP contribution in [0.5, 0.6) is 0 Å². The number of aryl methyl sites for hydroxylation is 1. The highest BCUT2D eigenvalue weighted by atomic mass is 32.1. The van der Waals surface area contributed by atoms with Crippen LogP contribution < -0.4 is 5.32 Å². The number of ether oxygens (including phenoxy) is 1. The summed E-state index contributed by atoms with van der Waals surface area (Å²) in [6, 6.07) is 5.54. The number of anilines is 1. The lowest BCUT2D eigenvalue weighted by atomic mass is 10.0. The first-order chi connectivity index (χ1) is 15.1. The number of thiazole rings is 1. The van der Waals surface area contributed by atoms with Gasteiger partial charge in [-0.25, -0.2) is 9.78 Å². The molecule has 0 aliphatic carbocycles. The van der Waals surface area contributed by atoms with E-state index in [0.29, 0.717) is 48.7 Å². The molecule has 0 fully saturated rings. The Labute approximate surface area is 187 Å². The topological polar surface area (TPSA) is 108 Å². The van der Waals surface area contributed by atoms with Crippen molar-refractivity contribution in [1.29, 1.82) is 5.26 Å². The maximum atomic E-state index is 12.5. The molecule has 10 heteroatoms. The van der Waals surface area contributed by atoms with Gasteiger partial charge in [-0.15, -0.1) is 22.7 Å². The van der Waals surface area contributed by atoms with Crippen LogP contribution in [0.25, 0.3) is 0 Å². The van der Waals surface area contributed by atoms with Crippen LogP contribution in [-0.4, -0.2) is 40.0 Å². The predicted octanol–water partition coefficient (Wildman–Crippen LogP) is 3.77. The Hall–Kier alpha value is -3.29. The monoisotopic (exact) mass is 453 g/mol. The quantitative estimate of drug-likeness (QED) is 0.630. The highest BCUT2D eigenvalue weighted by molar-refractivity contribution is 7.16. The van der Waals surface area contributed by atoms with Gasteiger partial charge in [-0.1, -0.05) is 0 Å². The number of aromatic nitrogens is 2. The molecule has 0 spiro atoms. The molecule has 158 valence electrons. The molecular formula is C21H19N5O3S2. The van der Waals surface area contributed by atoms with Crippen molar-refractivity contribution < 1.29 is 14.3 Å². The predicted molar refractivity (Wildman–Crippen MR) is 117 cm³/mol. The maximum absolute atomic E-state index is 12.5. The number of fused-ring (bicyclic) bond motifs is 1. The van der Waals surface area contributed by atoms with Crippen molar-refractivity contribution in [2.45, 2.75) is 26.3 Å². The number of nitrogens with one attached hydrogen (secondary N) is 1. The van der Waals surface area contributed by atoms with E-state index in [1.807, 2.05) is 6.92 Å². The number of nitriles is 1. The van der Waals surface area contributed by atoms with E-state index >= 15 is 0 Å². The second-order valence-corrected chi connectivity index (χ2v) is 8.96. The van der Waals surface area contributed by atoms with Gasteiger partial charge in [0.25, 0.3) is 5.91 Å². The van der Waals surface area contributed by atoms with Gasteiger partial charge in [-0.3, -0.25) is 9.78 Å². The van der Waals surface area contributed by atoms with Crippen LogP contribution in [0, 0.1) is 18.3 Å². The summed E-state index contributed by atoms with van der Waals surface area (Å²) in [5.41, 5.74) is 4.52. The lowest BCUT2D eigenvalue weighted by Gasteiger charge is -2.26. The molecule has 0 bridgehead atoms. The Morgan fingerprint density at radius 3 is 3.00 bits per heavy atom. The minimum atomic E-state index is -0.374. The van der Waals surface area contributed by atoms with Gasteiger partial charge < -0.3 is 15.0 Å². The highest BCUT2D eigenvalue weighted by Crippen LogP contribution is 2.37. The molecule has 1 aliphatic rings. The summed E-state index contributed by atoms with van der Waals surface area (Å²) in [6.45, 7) is 3.06. The van der Waals surface area contributed by atoms with E-state index in [1.54, 1.807) is 40.1 Å². The SMILES string of the molecule is Cc1ncsc1CCOC(=O)N1CCc2c(sc(NC(=O)c3cccnc3)c2C#N)C1. The number of amides is 2. The number of hydrogen-bond donors (Lipinski definition) is 1. The molecular weight excluding hydrogens is 434 g/mol. The van der Waals surface area contributed by atoms with E-state index < -0.39 is 0 Å². The summed E-state index contributed by atoms with van der Waals surface area (Å²) in [7, 11) is 0. The van der Waals surface area contributed by atoms with Crippen molar-refractivity contribution in [1.82, 2.24) is 14.9 Å². The molecule has 0 aromatic carbocycles. The van der Waals surface area contributed by atoms with Crippen molar-refractivity contribution in [3.05, 3.63) is 62.2 Å². The van der Waals surface area contributed by atoms with Crippen LogP contribution in [0.2, 0.25) is 0 Å². The molecule has 0 saturated heterocycles. The smallest absolute Gasteiger partial charge is 0.410 e. The average molecular weight is 454 g/mol. The number of rotatable bonds is 5. The number of nitrogens with zero attached hydrogens (tertiary/aromatic N) is 4. The fraction of sp³-hybridized carbons (Fsp3) is 0.286. The molecule has 2 amide bonds. The fourth-order valence-electron chi connectivity index (χ4n) is 3.33. The summed E-state index contributed by atoms with van der Waals surface area (Å²) < 4.78 is 5.44. The Balaban J connectivity index is 1.40. The van der Waals surface area contributed by atoms with Gasteiger partial charge in [-0.2, -0.15) is 5.26 Å². The third-order valence-electron chi connectivity index (χ3n) is 4.98. The van der Waals surface area contributed by atoms with Gasteiger partial charge in [0.2, 0.25) is 0 Å². The van der Waals surface area contributed by atoms with Crippen molar-refractivity contribution in [2.24, 2.45) is 0 Å². The molecule has 31 heavy (non-hydrogen) atoms. The van der Waals surface area contributed by atoms with Crippen LogP contribution in [0.1, 0.15) is 36.9 Å². The van der Waals surface area contributed by atoms with E-state index in [9.17, 15) is 14.9 Å². The molecule has 0 saturated carbocycles.